The second kappa shape index (κ2) is 4.82. The van der Waals surface area contributed by atoms with Crippen molar-refractivity contribution in [2.24, 2.45) is 5.92 Å². The van der Waals surface area contributed by atoms with Crippen LogP contribution in [0.3, 0.4) is 0 Å². The lowest BCUT2D eigenvalue weighted by molar-refractivity contribution is -0.143. The van der Waals surface area contributed by atoms with Gasteiger partial charge in [0, 0.05) is 6.61 Å². The van der Waals surface area contributed by atoms with Gasteiger partial charge in [-0.2, -0.15) is 0 Å². The Morgan fingerprint density at radius 3 is 2.81 bits per heavy atom. The van der Waals surface area contributed by atoms with E-state index in [0.717, 1.165) is 32.3 Å². The van der Waals surface area contributed by atoms with Gasteiger partial charge in [-0.05, 0) is 62.5 Å². The van der Waals surface area contributed by atoms with Gasteiger partial charge in [0.05, 0.1) is 11.2 Å². The minimum Gasteiger partial charge on any atom is -0.385 e. The number of hydrogen-bond acceptors (Lipinski definition) is 2. The molecule has 1 heterocycles. The van der Waals surface area contributed by atoms with E-state index in [0.29, 0.717) is 5.92 Å². The van der Waals surface area contributed by atoms with Gasteiger partial charge in [-0.1, -0.05) is 36.6 Å². The summed E-state index contributed by atoms with van der Waals surface area (Å²) < 4.78 is 6.16. The van der Waals surface area contributed by atoms with E-state index >= 15 is 0 Å². The molecule has 21 heavy (non-hydrogen) atoms. The summed E-state index contributed by atoms with van der Waals surface area (Å²) in [5.74, 6) is 0.368. The summed E-state index contributed by atoms with van der Waals surface area (Å²) in [6.07, 6.45) is 8.95. The number of benzene rings is 1. The first-order valence-corrected chi connectivity index (χ1v) is 8.58. The van der Waals surface area contributed by atoms with Crippen molar-refractivity contribution in [3.8, 4) is 0 Å². The van der Waals surface area contributed by atoms with Crippen molar-refractivity contribution in [2.45, 2.75) is 69.5 Å². The second-order valence-corrected chi connectivity index (χ2v) is 7.51. The Balaban J connectivity index is 1.66. The van der Waals surface area contributed by atoms with Crippen molar-refractivity contribution in [1.82, 2.24) is 0 Å². The first kappa shape index (κ1) is 13.8. The highest BCUT2D eigenvalue weighted by Crippen LogP contribution is 2.51. The molecule has 1 N–H and O–H groups in total. The van der Waals surface area contributed by atoms with E-state index in [2.05, 4.69) is 25.1 Å². The molecular formula is C19H26O2. The van der Waals surface area contributed by atoms with Crippen molar-refractivity contribution < 1.29 is 9.84 Å². The van der Waals surface area contributed by atoms with Gasteiger partial charge in [0.15, 0.2) is 0 Å². The Bertz CT molecular complexity index is 544. The van der Waals surface area contributed by atoms with E-state index < -0.39 is 5.60 Å². The van der Waals surface area contributed by atoms with E-state index in [9.17, 15) is 5.11 Å². The zero-order valence-corrected chi connectivity index (χ0v) is 13.0. The number of rotatable bonds is 1. The molecule has 2 aliphatic carbocycles. The molecule has 2 heteroatoms. The van der Waals surface area contributed by atoms with E-state index in [-0.39, 0.29) is 5.60 Å². The van der Waals surface area contributed by atoms with Gasteiger partial charge in [-0.15, -0.1) is 0 Å². The standard InChI is InChI=1S/C19H26O2/c1-14-4-5-15-6-10-19(20,17(15)12-14)16-7-11-21-18(13-16)8-2-3-9-18/h4-5,12,16,20H,2-3,6-11,13H2,1H3. The fraction of sp³-hybridized carbons (Fsp3) is 0.684. The topological polar surface area (TPSA) is 29.5 Å². The summed E-state index contributed by atoms with van der Waals surface area (Å²) in [6.45, 7) is 2.95. The fourth-order valence-corrected chi connectivity index (χ4v) is 5.00. The number of aryl methyl sites for hydroxylation is 2. The molecule has 114 valence electrons. The highest BCUT2D eigenvalue weighted by atomic mass is 16.5. The van der Waals surface area contributed by atoms with E-state index in [1.54, 1.807) is 0 Å². The lowest BCUT2D eigenvalue weighted by Gasteiger charge is -2.44. The van der Waals surface area contributed by atoms with E-state index in [1.165, 1.54) is 42.4 Å². The highest BCUT2D eigenvalue weighted by Gasteiger charge is 2.49. The first-order chi connectivity index (χ1) is 10.1. The molecule has 1 aromatic carbocycles. The van der Waals surface area contributed by atoms with E-state index in [1.807, 2.05) is 0 Å². The zero-order chi connectivity index (χ0) is 14.5. The van der Waals surface area contributed by atoms with E-state index in [4.69, 9.17) is 4.74 Å². The molecule has 3 aliphatic rings. The van der Waals surface area contributed by atoms with Crippen LogP contribution in [0.2, 0.25) is 0 Å². The number of aliphatic hydroxyl groups is 1. The minimum atomic E-state index is -0.610. The molecule has 1 aromatic rings. The third-order valence-electron chi connectivity index (χ3n) is 6.19. The molecule has 1 spiro atoms. The lowest BCUT2D eigenvalue weighted by Crippen LogP contribution is -2.45. The maximum Gasteiger partial charge on any atom is 0.0932 e. The molecule has 1 saturated carbocycles. The number of ether oxygens (including phenoxy) is 1. The maximum atomic E-state index is 11.5. The van der Waals surface area contributed by atoms with Crippen LogP contribution in [0.5, 0.6) is 0 Å². The summed E-state index contributed by atoms with van der Waals surface area (Å²) in [5.41, 5.74) is 3.31. The van der Waals surface area contributed by atoms with Crippen molar-refractivity contribution >= 4 is 0 Å². The average molecular weight is 286 g/mol. The summed E-state index contributed by atoms with van der Waals surface area (Å²) in [4.78, 5) is 0. The van der Waals surface area contributed by atoms with Crippen LogP contribution in [0.4, 0.5) is 0 Å². The smallest absolute Gasteiger partial charge is 0.0932 e. The molecule has 2 nitrogen and oxygen atoms in total. The molecular weight excluding hydrogens is 260 g/mol. The quantitative estimate of drug-likeness (QED) is 0.849. The van der Waals surface area contributed by atoms with Crippen LogP contribution in [-0.4, -0.2) is 17.3 Å². The van der Waals surface area contributed by atoms with Gasteiger partial charge < -0.3 is 9.84 Å². The van der Waals surface area contributed by atoms with Crippen molar-refractivity contribution in [3.05, 3.63) is 34.9 Å². The van der Waals surface area contributed by atoms with Crippen molar-refractivity contribution in [1.29, 1.82) is 0 Å². The third kappa shape index (κ3) is 2.15. The lowest BCUT2D eigenvalue weighted by atomic mass is 9.72. The molecule has 0 radical (unpaired) electrons. The van der Waals surface area contributed by atoms with Crippen LogP contribution in [0, 0.1) is 12.8 Å². The Labute approximate surface area is 127 Å². The molecule has 2 unspecified atom stereocenters. The van der Waals surface area contributed by atoms with Crippen LogP contribution < -0.4 is 0 Å². The van der Waals surface area contributed by atoms with Crippen LogP contribution >= 0.6 is 0 Å². The van der Waals surface area contributed by atoms with Crippen LogP contribution in [0.15, 0.2) is 18.2 Å². The predicted molar refractivity (Wildman–Crippen MR) is 83.3 cm³/mol. The normalized spacial score (nSPS) is 34.3. The molecule has 1 saturated heterocycles. The van der Waals surface area contributed by atoms with Gasteiger partial charge >= 0.3 is 0 Å². The SMILES string of the molecule is Cc1ccc2c(c1)C(O)(C1CCOC3(CCCC3)C1)CC2. The Morgan fingerprint density at radius 1 is 1.19 bits per heavy atom. The largest absolute Gasteiger partial charge is 0.385 e. The van der Waals surface area contributed by atoms with Gasteiger partial charge in [0.2, 0.25) is 0 Å². The van der Waals surface area contributed by atoms with Gasteiger partial charge in [0.25, 0.3) is 0 Å². The molecule has 0 bridgehead atoms. The monoisotopic (exact) mass is 286 g/mol. The van der Waals surface area contributed by atoms with Crippen LogP contribution in [0.25, 0.3) is 0 Å². The summed E-state index contributed by atoms with van der Waals surface area (Å²) in [5, 5.41) is 11.5. The Kier molecular flexibility index (Phi) is 3.16. The Morgan fingerprint density at radius 2 is 2.00 bits per heavy atom. The molecule has 2 atom stereocenters. The molecule has 0 amide bonds. The summed E-state index contributed by atoms with van der Waals surface area (Å²) >= 11 is 0. The van der Waals surface area contributed by atoms with Crippen molar-refractivity contribution in [2.75, 3.05) is 6.61 Å². The Hall–Kier alpha value is -0.860. The van der Waals surface area contributed by atoms with Gasteiger partial charge in [-0.25, -0.2) is 0 Å². The maximum absolute atomic E-state index is 11.5. The van der Waals surface area contributed by atoms with Gasteiger partial charge in [-0.3, -0.25) is 0 Å². The minimum absolute atomic E-state index is 0.0885. The average Bonchev–Trinajstić information content (AvgIpc) is 3.06. The molecule has 0 aromatic heterocycles. The molecule has 1 aliphatic heterocycles. The number of fused-ring (bicyclic) bond motifs is 1. The first-order valence-electron chi connectivity index (χ1n) is 8.58. The third-order valence-corrected chi connectivity index (χ3v) is 6.19. The zero-order valence-electron chi connectivity index (χ0n) is 13.0. The fourth-order valence-electron chi connectivity index (χ4n) is 5.00. The van der Waals surface area contributed by atoms with Gasteiger partial charge in [0.1, 0.15) is 0 Å². The van der Waals surface area contributed by atoms with Crippen LogP contribution in [0.1, 0.15) is 61.6 Å². The van der Waals surface area contributed by atoms with Crippen molar-refractivity contribution in [3.63, 3.8) is 0 Å². The number of hydrogen-bond donors (Lipinski definition) is 1. The summed E-state index contributed by atoms with van der Waals surface area (Å²) in [7, 11) is 0. The van der Waals surface area contributed by atoms with Crippen LogP contribution in [-0.2, 0) is 16.8 Å². The summed E-state index contributed by atoms with van der Waals surface area (Å²) in [6, 6.07) is 6.61. The predicted octanol–water partition coefficient (Wildman–Crippen LogP) is 3.87. The molecule has 4 rings (SSSR count). The molecule has 2 fully saturated rings. The second-order valence-electron chi connectivity index (χ2n) is 7.51. The highest BCUT2D eigenvalue weighted by molar-refractivity contribution is 5.40.